The van der Waals surface area contributed by atoms with Crippen molar-refractivity contribution in [2.24, 2.45) is 0 Å². The number of benzene rings is 1. The first kappa shape index (κ1) is 14.0. The Morgan fingerprint density at radius 2 is 1.95 bits per heavy atom. The number of thioether (sulfide) groups is 1. The summed E-state index contributed by atoms with van der Waals surface area (Å²) in [7, 11) is -3.91. The van der Waals surface area contributed by atoms with Crippen LogP contribution in [0.1, 0.15) is 0 Å². The lowest BCUT2D eigenvalue weighted by Gasteiger charge is -2.20. The Morgan fingerprint density at radius 3 is 2.53 bits per heavy atom. The van der Waals surface area contributed by atoms with Crippen molar-refractivity contribution in [2.45, 2.75) is 15.3 Å². The Balaban J connectivity index is 2.56. The van der Waals surface area contributed by atoms with E-state index in [1.54, 1.807) is 0 Å². The summed E-state index contributed by atoms with van der Waals surface area (Å²) < 4.78 is 60.2. The molecule has 0 saturated carbocycles. The van der Waals surface area contributed by atoms with Crippen LogP contribution in [-0.2, 0) is 14.6 Å². The van der Waals surface area contributed by atoms with Crippen LogP contribution in [-0.4, -0.2) is 25.6 Å². The molecular weight excluding hydrogens is 305 g/mol. The van der Waals surface area contributed by atoms with Gasteiger partial charge >= 0.3 is 5.51 Å². The molecule has 0 bridgehead atoms. The van der Waals surface area contributed by atoms with Crippen LogP contribution in [0.15, 0.2) is 21.9 Å². The first-order valence-corrected chi connectivity index (χ1v) is 7.27. The molecule has 0 spiro atoms. The summed E-state index contributed by atoms with van der Waals surface area (Å²) in [5.74, 6) is -1.57. The SMILES string of the molecule is Nc1cc(SC(F)(F)F)cc2c1S(=O)(=O)CC(=O)N2. The molecule has 1 aromatic carbocycles. The van der Waals surface area contributed by atoms with Gasteiger partial charge in [0.2, 0.25) is 5.91 Å². The number of nitrogens with two attached hydrogens (primary N) is 1. The molecule has 0 atom stereocenters. The summed E-state index contributed by atoms with van der Waals surface area (Å²) in [5.41, 5.74) is 0.406. The topological polar surface area (TPSA) is 89.3 Å². The molecule has 1 aliphatic rings. The second kappa shape index (κ2) is 4.30. The van der Waals surface area contributed by atoms with Gasteiger partial charge in [-0.15, -0.1) is 0 Å². The van der Waals surface area contributed by atoms with E-state index in [2.05, 4.69) is 5.32 Å². The van der Waals surface area contributed by atoms with E-state index in [0.717, 1.165) is 12.1 Å². The van der Waals surface area contributed by atoms with Gasteiger partial charge in [0.05, 0.1) is 11.4 Å². The third-order valence-electron chi connectivity index (χ3n) is 2.23. The Morgan fingerprint density at radius 1 is 1.32 bits per heavy atom. The number of carbonyl (C=O) groups is 1. The Kier molecular flexibility index (Phi) is 3.17. The molecule has 0 aliphatic carbocycles. The lowest BCUT2D eigenvalue weighted by atomic mass is 10.2. The van der Waals surface area contributed by atoms with E-state index in [4.69, 9.17) is 5.73 Å². The predicted molar refractivity (Wildman–Crippen MR) is 63.4 cm³/mol. The fraction of sp³-hybridized carbons (Fsp3) is 0.222. The number of rotatable bonds is 1. The minimum absolute atomic E-state index is 0.219. The van der Waals surface area contributed by atoms with E-state index in [9.17, 15) is 26.4 Å². The molecule has 0 saturated heterocycles. The van der Waals surface area contributed by atoms with Crippen molar-refractivity contribution in [2.75, 3.05) is 16.8 Å². The van der Waals surface area contributed by atoms with Crippen LogP contribution < -0.4 is 11.1 Å². The summed E-state index contributed by atoms with van der Waals surface area (Å²) in [6.07, 6.45) is 0. The fourth-order valence-corrected chi connectivity index (χ4v) is 3.74. The number of sulfone groups is 1. The van der Waals surface area contributed by atoms with Gasteiger partial charge in [-0.2, -0.15) is 13.2 Å². The van der Waals surface area contributed by atoms with Crippen molar-refractivity contribution >= 4 is 38.9 Å². The maximum Gasteiger partial charge on any atom is 0.446 e. The van der Waals surface area contributed by atoms with Crippen molar-refractivity contribution < 1.29 is 26.4 Å². The summed E-state index contributed by atoms with van der Waals surface area (Å²) in [6, 6.07) is 1.87. The third kappa shape index (κ3) is 2.95. The average Bonchev–Trinajstić information content (AvgIpc) is 2.09. The number of hydrogen-bond donors (Lipinski definition) is 2. The van der Waals surface area contributed by atoms with E-state index in [0.29, 0.717) is 0 Å². The minimum atomic E-state index is -4.53. The van der Waals surface area contributed by atoms with Crippen LogP contribution in [0, 0.1) is 0 Å². The van der Waals surface area contributed by atoms with Gasteiger partial charge in [0.15, 0.2) is 9.84 Å². The van der Waals surface area contributed by atoms with Gasteiger partial charge in [-0.05, 0) is 23.9 Å². The van der Waals surface area contributed by atoms with E-state index >= 15 is 0 Å². The van der Waals surface area contributed by atoms with Crippen molar-refractivity contribution in [1.82, 2.24) is 0 Å². The largest absolute Gasteiger partial charge is 0.446 e. The van der Waals surface area contributed by atoms with E-state index < -0.39 is 38.8 Å². The van der Waals surface area contributed by atoms with Crippen LogP contribution in [0.2, 0.25) is 0 Å². The maximum absolute atomic E-state index is 12.3. The van der Waals surface area contributed by atoms with Crippen LogP contribution in [0.25, 0.3) is 0 Å². The molecular formula is C9H7F3N2O3S2. The van der Waals surface area contributed by atoms with E-state index in [1.807, 2.05) is 0 Å². The molecule has 5 nitrogen and oxygen atoms in total. The average molecular weight is 312 g/mol. The number of amides is 1. The highest BCUT2D eigenvalue weighted by atomic mass is 32.2. The number of carbonyl (C=O) groups excluding carboxylic acids is 1. The van der Waals surface area contributed by atoms with Gasteiger partial charge in [0.1, 0.15) is 10.6 Å². The van der Waals surface area contributed by atoms with Gasteiger partial charge in [-0.25, -0.2) is 8.42 Å². The van der Waals surface area contributed by atoms with Crippen molar-refractivity contribution in [3.63, 3.8) is 0 Å². The van der Waals surface area contributed by atoms with Gasteiger partial charge in [0.25, 0.3) is 0 Å². The molecule has 0 fully saturated rings. The zero-order chi connectivity index (χ0) is 14.4. The second-order valence-corrected chi connectivity index (χ2v) is 6.81. The fourth-order valence-electron chi connectivity index (χ4n) is 1.69. The standard InChI is InChI=1S/C9H7F3N2O3S2/c10-9(11,12)18-4-1-5(13)8-6(2-4)14-7(15)3-19(8,16)17/h1-2H,3,13H2,(H,14,15). The van der Waals surface area contributed by atoms with Gasteiger partial charge in [-0.1, -0.05) is 0 Å². The normalized spacial score (nSPS) is 17.7. The molecule has 3 N–H and O–H groups in total. The molecule has 19 heavy (non-hydrogen) atoms. The van der Waals surface area contributed by atoms with Crippen LogP contribution in [0.3, 0.4) is 0 Å². The van der Waals surface area contributed by atoms with Gasteiger partial charge in [-0.3, -0.25) is 4.79 Å². The number of hydrogen-bond acceptors (Lipinski definition) is 5. The molecule has 1 amide bonds. The quantitative estimate of drug-likeness (QED) is 0.607. The maximum atomic E-state index is 12.3. The summed E-state index contributed by atoms with van der Waals surface area (Å²) >= 11 is -0.437. The van der Waals surface area contributed by atoms with Crippen LogP contribution in [0.5, 0.6) is 0 Å². The van der Waals surface area contributed by atoms with Crippen molar-refractivity contribution in [3.05, 3.63) is 12.1 Å². The van der Waals surface area contributed by atoms with Crippen LogP contribution >= 0.6 is 11.8 Å². The number of alkyl halides is 3. The number of halogens is 3. The highest BCUT2D eigenvalue weighted by Crippen LogP contribution is 2.42. The number of anilines is 2. The molecule has 10 heteroatoms. The van der Waals surface area contributed by atoms with Gasteiger partial charge < -0.3 is 11.1 Å². The Labute approximate surface area is 110 Å². The molecule has 0 unspecified atom stereocenters. The highest BCUT2D eigenvalue weighted by Gasteiger charge is 2.34. The molecule has 1 aliphatic heterocycles. The van der Waals surface area contributed by atoms with Crippen molar-refractivity contribution in [3.8, 4) is 0 Å². The van der Waals surface area contributed by atoms with Gasteiger partial charge in [0, 0.05) is 4.90 Å². The van der Waals surface area contributed by atoms with E-state index in [1.165, 1.54) is 0 Å². The second-order valence-electron chi connectivity index (χ2n) is 3.74. The lowest BCUT2D eigenvalue weighted by Crippen LogP contribution is -2.30. The number of fused-ring (bicyclic) bond motifs is 1. The first-order chi connectivity index (χ1) is 8.58. The smallest absolute Gasteiger partial charge is 0.398 e. The highest BCUT2D eigenvalue weighted by molar-refractivity contribution is 8.00. The summed E-state index contributed by atoms with van der Waals surface area (Å²) in [6.45, 7) is 0. The minimum Gasteiger partial charge on any atom is -0.398 e. The molecule has 104 valence electrons. The zero-order valence-corrected chi connectivity index (χ0v) is 10.7. The van der Waals surface area contributed by atoms with Crippen LogP contribution in [0.4, 0.5) is 24.5 Å². The Bertz CT molecular complexity index is 655. The molecule has 2 rings (SSSR count). The van der Waals surface area contributed by atoms with E-state index in [-0.39, 0.29) is 21.2 Å². The monoisotopic (exact) mass is 312 g/mol. The first-order valence-electron chi connectivity index (χ1n) is 4.80. The number of nitrogens with one attached hydrogen (secondary N) is 1. The number of nitrogen functional groups attached to an aromatic ring is 1. The molecule has 1 heterocycles. The summed E-state index contributed by atoms with van der Waals surface area (Å²) in [5, 5.41) is 2.20. The molecule has 0 aromatic heterocycles. The molecule has 0 radical (unpaired) electrons. The van der Waals surface area contributed by atoms with Crippen molar-refractivity contribution in [1.29, 1.82) is 0 Å². The lowest BCUT2D eigenvalue weighted by molar-refractivity contribution is -0.114. The molecule has 1 aromatic rings. The predicted octanol–water partition coefficient (Wildman–Crippen LogP) is 1.61. The Hall–Kier alpha value is -1.42. The summed E-state index contributed by atoms with van der Waals surface area (Å²) in [4.78, 5) is 10.6. The zero-order valence-electron chi connectivity index (χ0n) is 9.11. The third-order valence-corrected chi connectivity index (χ3v) is 4.65.